The number of hydrogen-bond donors (Lipinski definition) is 2. The van der Waals surface area contributed by atoms with Crippen LogP contribution in [0.1, 0.15) is 137 Å². The first-order valence-electron chi connectivity index (χ1n) is 32.4. The van der Waals surface area contributed by atoms with Crippen molar-refractivity contribution in [1.29, 1.82) is 0 Å². The molecule has 496 valence electrons. The third-order valence-corrected chi connectivity index (χ3v) is 19.2. The third kappa shape index (κ3) is 18.9. The summed E-state index contributed by atoms with van der Waals surface area (Å²) < 4.78 is 47.2. The molecule has 0 spiro atoms. The minimum absolute atomic E-state index is 0.00160. The van der Waals surface area contributed by atoms with E-state index in [2.05, 4.69) is 9.80 Å². The number of methoxy groups -OCH3 is 4. The Morgan fingerprint density at radius 3 is 2.31 bits per heavy atom. The van der Waals surface area contributed by atoms with Crippen LogP contribution in [0.15, 0.2) is 53.8 Å². The second kappa shape index (κ2) is 33.9. The van der Waals surface area contributed by atoms with Crippen molar-refractivity contribution in [3.8, 4) is 0 Å². The standard InChI is InChI=1S/C67H102N6O16/c1-42-17-13-12-14-18-43(2)56(83-9)37-51-22-20-48(7)67(81,89-51)62(77)63(78)73-25-16-15-19-53(73)64(79)87-57(38-54(74)44(3)34-47(6)60(76)61(85-11)59(75)46(5)33-42)45(4)35-49-21-23-55(58(36-49)84-10)88-66(80)72-26-24-52-50(40-72)39-68-65(69-52)71-29-27-70(28-30-71)41-86-32-31-82-8/h12-14,17-18,34,39,42,44-46,48-49,51,53,55-58,60-61,76,81H,15-16,19-33,35-38,40-41H2,1-11H3/b14-12+,17-13+,43-18+,47-34+/t42-,44-,45-,46-,48-,49+,51+,53+,55-,56+,57+,58-,60-,61+,67-/m1/s1. The number of aliphatic hydroxyl groups is 2. The highest BCUT2D eigenvalue weighted by Crippen LogP contribution is 2.39. The van der Waals surface area contributed by atoms with Crippen molar-refractivity contribution in [3.05, 3.63) is 65.1 Å². The molecular weight excluding hydrogens is 1140 g/mol. The molecule has 1 aromatic heterocycles. The van der Waals surface area contributed by atoms with E-state index in [-0.39, 0.29) is 42.8 Å². The number of allylic oxidation sites excluding steroid dienone is 6. The number of piperidine rings is 1. The van der Waals surface area contributed by atoms with E-state index < -0.39 is 102 Å². The SMILES string of the molecule is COCCOCN1CCN(c2ncc3c(n2)CCN(C(=O)O[C@@H]2CC[C@@H](C[C@@H](C)[C@@H]4CC(=O)[C@H](C)/C=C(\C)[C@@H](O)[C@@H](OC)C(=O)[C@H](C)C[C@H](C)/C=C/C=C/C=C(\C)[C@@H](OC)C[C@@H]5CC[C@@H](C)[C@@](O)(O5)C(=O)C(=O)N5CCCC[C@H]5C(=O)O4)C[C@H]2OC)C3)CC1. The first kappa shape index (κ1) is 71.1. The van der Waals surface area contributed by atoms with Gasteiger partial charge < -0.3 is 62.8 Å². The Morgan fingerprint density at radius 1 is 0.831 bits per heavy atom. The van der Waals surface area contributed by atoms with Gasteiger partial charge in [0.2, 0.25) is 11.7 Å². The zero-order valence-corrected chi connectivity index (χ0v) is 54.7. The molecule has 2 amide bonds. The minimum Gasteiger partial charge on any atom is -0.460 e. The molecule has 6 aliphatic rings. The van der Waals surface area contributed by atoms with Crippen molar-refractivity contribution < 1.29 is 76.9 Å². The minimum atomic E-state index is -2.47. The molecule has 3 saturated heterocycles. The predicted octanol–water partition coefficient (Wildman–Crippen LogP) is 6.92. The van der Waals surface area contributed by atoms with Crippen LogP contribution in [-0.4, -0.2) is 212 Å². The van der Waals surface area contributed by atoms with E-state index in [1.54, 1.807) is 53.1 Å². The van der Waals surface area contributed by atoms with Gasteiger partial charge in [0.15, 0.2) is 5.78 Å². The number of piperazine rings is 1. The predicted molar refractivity (Wildman–Crippen MR) is 332 cm³/mol. The topological polar surface area (TPSA) is 255 Å². The van der Waals surface area contributed by atoms with Crippen molar-refractivity contribution in [2.45, 2.75) is 193 Å². The van der Waals surface area contributed by atoms with Crippen LogP contribution in [-0.2, 0) is 74.8 Å². The number of carbonyl (C=O) groups excluding carboxylic acids is 6. The van der Waals surface area contributed by atoms with Crippen molar-refractivity contribution in [3.63, 3.8) is 0 Å². The lowest BCUT2D eigenvalue weighted by atomic mass is 9.78. The number of hydrogen-bond acceptors (Lipinski definition) is 20. The van der Waals surface area contributed by atoms with Crippen LogP contribution in [0.2, 0.25) is 0 Å². The van der Waals surface area contributed by atoms with Gasteiger partial charge in [-0.1, -0.05) is 71.1 Å². The highest BCUT2D eigenvalue weighted by Gasteiger charge is 2.53. The summed E-state index contributed by atoms with van der Waals surface area (Å²) in [5.41, 5.74) is 3.02. The third-order valence-electron chi connectivity index (χ3n) is 19.2. The van der Waals surface area contributed by atoms with Crippen LogP contribution in [0.5, 0.6) is 0 Å². The van der Waals surface area contributed by atoms with Crippen molar-refractivity contribution >= 4 is 41.3 Å². The van der Waals surface area contributed by atoms with Gasteiger partial charge in [-0.3, -0.25) is 24.1 Å². The van der Waals surface area contributed by atoms with E-state index in [4.69, 9.17) is 47.9 Å². The number of rotatable bonds is 13. The quantitative estimate of drug-likeness (QED) is 0.0880. The van der Waals surface area contributed by atoms with Gasteiger partial charge >= 0.3 is 12.1 Å². The average molecular weight is 1250 g/mol. The van der Waals surface area contributed by atoms with Gasteiger partial charge in [0.25, 0.3) is 11.7 Å². The van der Waals surface area contributed by atoms with Crippen LogP contribution in [0.4, 0.5) is 10.7 Å². The maximum atomic E-state index is 14.8. The second-order valence-electron chi connectivity index (χ2n) is 25.9. The van der Waals surface area contributed by atoms with Crippen LogP contribution in [0.3, 0.4) is 0 Å². The number of carbonyl (C=O) groups is 6. The average Bonchev–Trinajstić information content (AvgIpc) is 1.09. The maximum absolute atomic E-state index is 14.8. The summed E-state index contributed by atoms with van der Waals surface area (Å²) in [4.78, 5) is 103. The van der Waals surface area contributed by atoms with Gasteiger partial charge in [0, 0.05) is 116 Å². The first-order chi connectivity index (χ1) is 42.6. The number of amides is 2. The Morgan fingerprint density at radius 2 is 1.60 bits per heavy atom. The fourth-order valence-corrected chi connectivity index (χ4v) is 13.5. The number of aliphatic hydroxyl groups excluding tert-OH is 1. The summed E-state index contributed by atoms with van der Waals surface area (Å²) in [6.45, 7) is 18.3. The molecule has 2 bridgehead atoms. The summed E-state index contributed by atoms with van der Waals surface area (Å²) in [5, 5.41) is 23.8. The summed E-state index contributed by atoms with van der Waals surface area (Å²) in [6.07, 6.45) is 12.3. The summed E-state index contributed by atoms with van der Waals surface area (Å²) in [6, 6.07) is -1.19. The van der Waals surface area contributed by atoms with E-state index in [9.17, 15) is 39.0 Å². The van der Waals surface area contributed by atoms with Crippen molar-refractivity contribution in [1.82, 2.24) is 24.7 Å². The Labute approximate surface area is 527 Å². The number of Topliss-reactive ketones (excluding diaryl/α,β-unsaturated/α-hetero) is 3. The van der Waals surface area contributed by atoms with E-state index in [0.717, 1.165) is 43.0 Å². The number of cyclic esters (lactones) is 1. The fourth-order valence-electron chi connectivity index (χ4n) is 13.5. The summed E-state index contributed by atoms with van der Waals surface area (Å²) in [5.74, 6) is -7.77. The molecule has 6 heterocycles. The molecule has 1 aromatic rings. The highest BCUT2D eigenvalue weighted by atomic mass is 16.6. The molecule has 5 aliphatic heterocycles. The van der Waals surface area contributed by atoms with E-state index >= 15 is 0 Å². The monoisotopic (exact) mass is 1250 g/mol. The van der Waals surface area contributed by atoms with Crippen LogP contribution >= 0.6 is 0 Å². The van der Waals surface area contributed by atoms with Crippen molar-refractivity contribution in [2.75, 3.05) is 92.6 Å². The van der Waals surface area contributed by atoms with Crippen LogP contribution in [0, 0.1) is 35.5 Å². The van der Waals surface area contributed by atoms with Gasteiger partial charge in [-0.05, 0) is 107 Å². The van der Waals surface area contributed by atoms with E-state index in [1.165, 1.54) is 12.0 Å². The molecule has 1 aliphatic carbocycles. The number of fused-ring (bicyclic) bond motifs is 4. The second-order valence-corrected chi connectivity index (χ2v) is 25.9. The number of ketones is 3. The molecule has 89 heavy (non-hydrogen) atoms. The molecule has 0 unspecified atom stereocenters. The molecule has 2 N–H and O–H groups in total. The van der Waals surface area contributed by atoms with E-state index in [0.29, 0.717) is 115 Å². The lowest BCUT2D eigenvalue weighted by Gasteiger charge is -2.42. The fraction of sp³-hybridized carbons (Fsp3) is 0.731. The Bertz CT molecular complexity index is 2680. The zero-order chi connectivity index (χ0) is 64.5. The van der Waals surface area contributed by atoms with Crippen molar-refractivity contribution in [2.24, 2.45) is 35.5 Å². The van der Waals surface area contributed by atoms with Gasteiger partial charge in [-0.2, -0.15) is 0 Å². The normalized spacial score (nSPS) is 34.7. The van der Waals surface area contributed by atoms with Gasteiger partial charge in [-0.25, -0.2) is 19.6 Å². The zero-order valence-electron chi connectivity index (χ0n) is 54.7. The van der Waals surface area contributed by atoms with Gasteiger partial charge in [0.05, 0.1) is 50.5 Å². The molecule has 22 heteroatoms. The molecule has 7 rings (SSSR count). The Kier molecular flexibility index (Phi) is 27.1. The molecule has 4 fully saturated rings. The number of aromatic nitrogens is 2. The smallest absolute Gasteiger partial charge is 0.410 e. The number of nitrogens with zero attached hydrogens (tertiary/aromatic N) is 6. The molecule has 0 radical (unpaired) electrons. The Balaban J connectivity index is 1.05. The Hall–Kier alpha value is -5.30. The summed E-state index contributed by atoms with van der Waals surface area (Å²) >= 11 is 0. The molecule has 1 saturated carbocycles. The molecule has 0 aromatic carbocycles. The van der Waals surface area contributed by atoms with Gasteiger partial charge in [0.1, 0.15) is 36.2 Å². The number of ether oxygens (including phenoxy) is 8. The van der Waals surface area contributed by atoms with E-state index in [1.807, 2.05) is 64.3 Å². The first-order valence-corrected chi connectivity index (χ1v) is 32.4. The largest absolute Gasteiger partial charge is 0.460 e. The number of esters is 1. The lowest BCUT2D eigenvalue weighted by molar-refractivity contribution is -0.265. The highest BCUT2D eigenvalue weighted by molar-refractivity contribution is 6.39. The lowest BCUT2D eigenvalue weighted by Crippen LogP contribution is -2.61. The maximum Gasteiger partial charge on any atom is 0.410 e. The molecular formula is C67H102N6O16. The molecule has 15 atom stereocenters. The van der Waals surface area contributed by atoms with Gasteiger partial charge in [-0.15, -0.1) is 0 Å². The summed E-state index contributed by atoms with van der Waals surface area (Å²) in [7, 11) is 6.20. The number of anilines is 1. The van der Waals surface area contributed by atoms with Crippen LogP contribution < -0.4 is 4.90 Å². The molecule has 22 nitrogen and oxygen atoms in total. The van der Waals surface area contributed by atoms with Crippen LogP contribution in [0.25, 0.3) is 0 Å².